The summed E-state index contributed by atoms with van der Waals surface area (Å²) in [4.78, 5) is 30.1. The number of rotatable bonds is 11. The number of alkyl halides is 6. The zero-order valence-electron chi connectivity index (χ0n) is 26.9. The molecule has 2 heterocycles. The molecule has 2 N–H and O–H groups in total. The van der Waals surface area contributed by atoms with E-state index in [1.807, 2.05) is 0 Å². The topological polar surface area (TPSA) is 143 Å². The third-order valence-electron chi connectivity index (χ3n) is 7.73. The number of benzene rings is 2. The van der Waals surface area contributed by atoms with Crippen LogP contribution in [0.15, 0.2) is 82.8 Å². The molecule has 0 saturated carbocycles. The van der Waals surface area contributed by atoms with Crippen LogP contribution in [-0.4, -0.2) is 87.0 Å². The molecule has 1 saturated heterocycles. The maximum atomic E-state index is 14.9. The maximum Gasteiger partial charge on any atom is 0.407 e. The van der Waals surface area contributed by atoms with Crippen LogP contribution in [0.5, 0.6) is 0 Å². The van der Waals surface area contributed by atoms with Crippen molar-refractivity contribution in [2.24, 2.45) is 0 Å². The summed E-state index contributed by atoms with van der Waals surface area (Å²) in [5.41, 5.74) is -1.71. The van der Waals surface area contributed by atoms with Gasteiger partial charge in [-0.1, -0.05) is 42.5 Å². The second kappa shape index (κ2) is 14.4. The number of hydrogen-bond acceptors (Lipinski definition) is 8. The number of halogens is 6. The predicted octanol–water partition coefficient (Wildman–Crippen LogP) is 4.64. The highest BCUT2D eigenvalue weighted by molar-refractivity contribution is 7.90. The molecule has 1 amide bonds. The Balaban J connectivity index is 1.61. The minimum Gasteiger partial charge on any atom is -0.344 e. The molecule has 4 rings (SSSR count). The molecule has 1 aromatic heterocycles. The first-order chi connectivity index (χ1) is 23.0. The van der Waals surface area contributed by atoms with E-state index in [9.17, 15) is 52.8 Å². The highest BCUT2D eigenvalue weighted by Crippen LogP contribution is 2.35. The van der Waals surface area contributed by atoms with Crippen LogP contribution in [0.3, 0.4) is 0 Å². The Labute approximate surface area is 285 Å². The van der Waals surface area contributed by atoms with Crippen LogP contribution in [0, 0.1) is 0 Å². The Hall–Kier alpha value is -3.87. The van der Waals surface area contributed by atoms with Crippen molar-refractivity contribution in [1.82, 2.24) is 19.9 Å². The molecule has 0 bridgehead atoms. The van der Waals surface area contributed by atoms with Crippen molar-refractivity contribution in [2.75, 3.05) is 19.3 Å². The molecule has 272 valence electrons. The van der Waals surface area contributed by atoms with Crippen LogP contribution in [0.25, 0.3) is 11.1 Å². The largest absolute Gasteiger partial charge is 0.407 e. The molecule has 18 heteroatoms. The standard InChI is InChI=1S/C32H34F6N4O6S2/c1-30(2,33)16-24(29(44)41-25-18-42(19-31(34,35)17-26(25)43)50(47,48)27-6-4-5-15-39-27)40-28(32(36,37)38)22-9-7-20(8-10-22)21-11-13-23(14-12-21)49(3,45)46/h4-15,24-25,28,40H,16-19H2,1-3H3,(H,41,44)/t24-,25?,28-/m0/s1. The fourth-order valence-electron chi connectivity index (χ4n) is 5.33. The second-order valence-corrected chi connectivity index (χ2v) is 16.5. The molecule has 1 fully saturated rings. The summed E-state index contributed by atoms with van der Waals surface area (Å²) in [7, 11) is -8.20. The minimum absolute atomic E-state index is 0.0427. The highest BCUT2D eigenvalue weighted by atomic mass is 32.2. The summed E-state index contributed by atoms with van der Waals surface area (Å²) >= 11 is 0. The fraction of sp³-hybridized carbons (Fsp3) is 0.406. The summed E-state index contributed by atoms with van der Waals surface area (Å²) < 4.78 is 138. The quantitative estimate of drug-likeness (QED) is 0.271. The van der Waals surface area contributed by atoms with Crippen LogP contribution >= 0.6 is 0 Å². The molecular formula is C32H34F6N4O6S2. The summed E-state index contributed by atoms with van der Waals surface area (Å²) in [5.74, 6) is -6.50. The smallest absolute Gasteiger partial charge is 0.344 e. The van der Waals surface area contributed by atoms with Gasteiger partial charge in [0.2, 0.25) is 5.91 Å². The van der Waals surface area contributed by atoms with Gasteiger partial charge >= 0.3 is 6.18 Å². The molecule has 50 heavy (non-hydrogen) atoms. The van der Waals surface area contributed by atoms with Crippen molar-refractivity contribution in [1.29, 1.82) is 0 Å². The van der Waals surface area contributed by atoms with Crippen molar-refractivity contribution in [3.05, 3.63) is 78.5 Å². The van der Waals surface area contributed by atoms with Gasteiger partial charge in [0.1, 0.15) is 17.8 Å². The Morgan fingerprint density at radius 1 is 0.960 bits per heavy atom. The summed E-state index contributed by atoms with van der Waals surface area (Å²) in [6, 6.07) is 7.76. The van der Waals surface area contributed by atoms with Crippen molar-refractivity contribution in [3.63, 3.8) is 0 Å². The van der Waals surface area contributed by atoms with E-state index in [0.717, 1.165) is 44.5 Å². The van der Waals surface area contributed by atoms with Crippen LogP contribution < -0.4 is 10.6 Å². The third-order valence-corrected chi connectivity index (χ3v) is 10.6. The van der Waals surface area contributed by atoms with Crippen LogP contribution in [0.4, 0.5) is 26.3 Å². The Morgan fingerprint density at radius 2 is 1.54 bits per heavy atom. The number of nitrogens with one attached hydrogen (secondary N) is 2. The lowest BCUT2D eigenvalue weighted by Crippen LogP contribution is -2.56. The molecule has 0 radical (unpaired) electrons. The highest BCUT2D eigenvalue weighted by Gasteiger charge is 2.48. The normalized spacial score (nSPS) is 19.0. The Morgan fingerprint density at radius 3 is 2.04 bits per heavy atom. The SMILES string of the molecule is CC(C)(F)C[C@H](N[C@@H](c1ccc(-c2ccc(S(C)(=O)=O)cc2)cc1)C(F)(F)F)C(=O)NC1CN(S(=O)(=O)c2ccccn2)CC(F)(F)CC1=O. The first kappa shape index (κ1) is 38.9. The molecule has 3 aromatic rings. The van der Waals surface area contributed by atoms with Crippen molar-refractivity contribution < 1.29 is 52.8 Å². The van der Waals surface area contributed by atoms with Gasteiger partial charge in [-0.2, -0.15) is 17.5 Å². The van der Waals surface area contributed by atoms with Crippen LogP contribution in [-0.2, 0) is 29.4 Å². The third kappa shape index (κ3) is 9.88. The molecular weight excluding hydrogens is 714 g/mol. The lowest BCUT2D eigenvalue weighted by atomic mass is 9.96. The number of ketones is 1. The molecule has 0 aliphatic carbocycles. The number of amides is 1. The number of carbonyl (C=O) groups excluding carboxylic acids is 2. The number of nitrogens with zero attached hydrogens (tertiary/aromatic N) is 2. The zero-order chi connectivity index (χ0) is 37.3. The van der Waals surface area contributed by atoms with Crippen molar-refractivity contribution in [3.8, 4) is 11.1 Å². The summed E-state index contributed by atoms with van der Waals surface area (Å²) in [5, 5.41) is 3.59. The van der Waals surface area contributed by atoms with E-state index in [1.165, 1.54) is 48.5 Å². The fourth-order valence-corrected chi connectivity index (χ4v) is 7.38. The molecule has 3 atom stereocenters. The molecule has 2 aromatic carbocycles. The minimum atomic E-state index is -5.05. The van der Waals surface area contributed by atoms with Crippen molar-refractivity contribution in [2.45, 2.75) is 72.5 Å². The van der Waals surface area contributed by atoms with Gasteiger partial charge in [-0.3, -0.25) is 14.9 Å². The van der Waals surface area contributed by atoms with Crippen molar-refractivity contribution >= 4 is 31.6 Å². The Bertz CT molecular complexity index is 1900. The Kier molecular flexibility index (Phi) is 11.2. The average Bonchev–Trinajstić information content (AvgIpc) is 3.12. The van der Waals surface area contributed by atoms with E-state index in [-0.39, 0.29) is 14.8 Å². The number of aromatic nitrogens is 1. The van der Waals surface area contributed by atoms with Crippen LogP contribution in [0.1, 0.15) is 38.3 Å². The molecule has 1 aliphatic heterocycles. The predicted molar refractivity (Wildman–Crippen MR) is 170 cm³/mol. The maximum absolute atomic E-state index is 14.9. The number of sulfone groups is 1. The summed E-state index contributed by atoms with van der Waals surface area (Å²) in [6.07, 6.45) is -5.26. The van der Waals surface area contributed by atoms with Gasteiger partial charge in [0.05, 0.1) is 23.9 Å². The van der Waals surface area contributed by atoms with E-state index in [4.69, 9.17) is 0 Å². The first-order valence-electron chi connectivity index (χ1n) is 15.0. The lowest BCUT2D eigenvalue weighted by molar-refractivity contribution is -0.162. The van der Waals surface area contributed by atoms with Gasteiger partial charge in [-0.05, 0) is 54.8 Å². The number of carbonyl (C=O) groups is 2. The van der Waals surface area contributed by atoms with E-state index >= 15 is 0 Å². The number of hydrogen-bond donors (Lipinski definition) is 2. The van der Waals surface area contributed by atoms with E-state index in [2.05, 4.69) is 15.6 Å². The second-order valence-electron chi connectivity index (χ2n) is 12.6. The van der Waals surface area contributed by atoms with Gasteiger partial charge in [-0.25, -0.2) is 35.0 Å². The summed E-state index contributed by atoms with van der Waals surface area (Å²) in [6.45, 7) is -0.419. The first-order valence-corrected chi connectivity index (χ1v) is 18.3. The van der Waals surface area contributed by atoms with E-state index in [1.54, 1.807) is 0 Å². The molecule has 1 aliphatic rings. The molecule has 0 spiro atoms. The lowest BCUT2D eigenvalue weighted by Gasteiger charge is -2.31. The van der Waals surface area contributed by atoms with E-state index in [0.29, 0.717) is 11.1 Å². The van der Waals surface area contributed by atoms with Gasteiger partial charge in [0.25, 0.3) is 15.9 Å². The number of sulfonamides is 1. The van der Waals surface area contributed by atoms with Gasteiger partial charge < -0.3 is 5.32 Å². The molecule has 10 nitrogen and oxygen atoms in total. The average molecular weight is 749 g/mol. The molecule has 1 unspecified atom stereocenters. The van der Waals surface area contributed by atoms with Gasteiger partial charge in [0, 0.05) is 25.4 Å². The van der Waals surface area contributed by atoms with E-state index < -0.39 is 98.4 Å². The number of Topliss-reactive ketones (excluding diaryl/α,β-unsaturated/α-hetero) is 1. The number of pyridine rings is 1. The zero-order valence-corrected chi connectivity index (χ0v) is 28.5. The monoisotopic (exact) mass is 748 g/mol. The van der Waals surface area contributed by atoms with Gasteiger partial charge in [-0.15, -0.1) is 0 Å². The van der Waals surface area contributed by atoms with Crippen LogP contribution in [0.2, 0.25) is 0 Å². The van der Waals surface area contributed by atoms with Gasteiger partial charge in [0.15, 0.2) is 20.6 Å².